The van der Waals surface area contributed by atoms with Crippen LogP contribution < -0.4 is 5.73 Å². The Morgan fingerprint density at radius 3 is 2.50 bits per heavy atom. The Bertz CT molecular complexity index is 669. The highest BCUT2D eigenvalue weighted by atomic mass is 14.6. The van der Waals surface area contributed by atoms with Crippen molar-refractivity contribution in [3.8, 4) is 11.8 Å². The summed E-state index contributed by atoms with van der Waals surface area (Å²) in [6, 6.07) is 8.58. The highest BCUT2D eigenvalue weighted by molar-refractivity contribution is 5.43. The van der Waals surface area contributed by atoms with E-state index in [1.54, 1.807) is 0 Å². The standard InChI is InChI=1S/C21H23N/c22-21(20-7-4-8-20)16-15-19-13-11-18(12-14-19)10-9-17-5-2-1-3-6-17/h2,5-6,11-14H,1,3-4,7-10,22H2. The molecule has 3 rings (SSSR count). The first-order valence-corrected chi connectivity index (χ1v) is 8.25. The van der Waals surface area contributed by atoms with E-state index in [0.29, 0.717) is 0 Å². The van der Waals surface area contributed by atoms with Gasteiger partial charge in [0.1, 0.15) is 0 Å². The van der Waals surface area contributed by atoms with Crippen molar-refractivity contribution in [1.82, 2.24) is 0 Å². The number of benzene rings is 1. The van der Waals surface area contributed by atoms with Gasteiger partial charge in [-0.1, -0.05) is 41.9 Å². The van der Waals surface area contributed by atoms with Crippen molar-refractivity contribution >= 4 is 0 Å². The highest BCUT2D eigenvalue weighted by Crippen LogP contribution is 2.26. The quantitative estimate of drug-likeness (QED) is 0.806. The second-order valence-electron chi connectivity index (χ2n) is 6.08. The maximum Gasteiger partial charge on any atom is 0.0822 e. The van der Waals surface area contributed by atoms with Crippen LogP contribution in [0.25, 0.3) is 0 Å². The zero-order chi connectivity index (χ0) is 15.2. The smallest absolute Gasteiger partial charge is 0.0822 e. The molecule has 2 aliphatic carbocycles. The van der Waals surface area contributed by atoms with Crippen LogP contribution in [0.2, 0.25) is 0 Å². The monoisotopic (exact) mass is 289 g/mol. The molecule has 1 saturated carbocycles. The largest absolute Gasteiger partial charge is 0.392 e. The summed E-state index contributed by atoms with van der Waals surface area (Å²) in [7, 11) is 0. The Morgan fingerprint density at radius 1 is 1.05 bits per heavy atom. The Balaban J connectivity index is 1.57. The summed E-state index contributed by atoms with van der Waals surface area (Å²) in [6.07, 6.45) is 15.0. The van der Waals surface area contributed by atoms with Crippen molar-refractivity contribution < 1.29 is 0 Å². The highest BCUT2D eigenvalue weighted by Gasteiger charge is 2.10. The second kappa shape index (κ2) is 7.18. The molecule has 1 aromatic carbocycles. The number of nitrogens with two attached hydrogens (primary N) is 1. The van der Waals surface area contributed by atoms with E-state index in [4.69, 9.17) is 5.73 Å². The van der Waals surface area contributed by atoms with Crippen molar-refractivity contribution in [3.63, 3.8) is 0 Å². The molecule has 112 valence electrons. The van der Waals surface area contributed by atoms with Gasteiger partial charge in [0.25, 0.3) is 0 Å². The first kappa shape index (κ1) is 14.7. The van der Waals surface area contributed by atoms with Crippen LogP contribution in [-0.2, 0) is 6.42 Å². The number of aryl methyl sites for hydroxylation is 1. The predicted octanol–water partition coefficient (Wildman–Crippen LogP) is 4.64. The van der Waals surface area contributed by atoms with E-state index in [2.05, 4.69) is 54.3 Å². The Labute approximate surface area is 133 Å². The van der Waals surface area contributed by atoms with Crippen LogP contribution in [0, 0.1) is 11.8 Å². The van der Waals surface area contributed by atoms with Crippen molar-refractivity contribution in [2.24, 2.45) is 5.73 Å². The molecule has 0 heterocycles. The lowest BCUT2D eigenvalue weighted by atomic mass is 9.91. The van der Waals surface area contributed by atoms with E-state index < -0.39 is 0 Å². The Kier molecular flexibility index (Phi) is 4.81. The molecule has 0 spiro atoms. The second-order valence-corrected chi connectivity index (χ2v) is 6.08. The van der Waals surface area contributed by atoms with Crippen molar-refractivity contribution in [2.75, 3.05) is 0 Å². The molecule has 0 bridgehead atoms. The van der Waals surface area contributed by atoms with Gasteiger partial charge in [-0.2, -0.15) is 0 Å². The van der Waals surface area contributed by atoms with Gasteiger partial charge in [-0.15, -0.1) is 0 Å². The van der Waals surface area contributed by atoms with Crippen LogP contribution in [0.3, 0.4) is 0 Å². The van der Waals surface area contributed by atoms with Gasteiger partial charge < -0.3 is 5.73 Å². The Hall–Kier alpha value is -2.20. The fourth-order valence-corrected chi connectivity index (χ4v) is 2.75. The van der Waals surface area contributed by atoms with Crippen LogP contribution in [0.4, 0.5) is 0 Å². The molecule has 0 aliphatic heterocycles. The summed E-state index contributed by atoms with van der Waals surface area (Å²) in [6.45, 7) is 0. The summed E-state index contributed by atoms with van der Waals surface area (Å²) in [4.78, 5) is 0. The first-order valence-electron chi connectivity index (χ1n) is 8.25. The first-order chi connectivity index (χ1) is 10.8. The molecular weight excluding hydrogens is 266 g/mol. The van der Waals surface area contributed by atoms with Gasteiger partial charge in [0.2, 0.25) is 0 Å². The average molecular weight is 289 g/mol. The van der Waals surface area contributed by atoms with Crippen LogP contribution in [-0.4, -0.2) is 0 Å². The van der Waals surface area contributed by atoms with E-state index in [1.807, 2.05) is 0 Å². The Morgan fingerprint density at radius 2 is 1.86 bits per heavy atom. The summed E-state index contributed by atoms with van der Waals surface area (Å²) < 4.78 is 0. The summed E-state index contributed by atoms with van der Waals surface area (Å²) in [5.41, 5.74) is 12.0. The molecule has 0 unspecified atom stereocenters. The van der Waals surface area contributed by atoms with E-state index >= 15 is 0 Å². The molecule has 0 radical (unpaired) electrons. The number of rotatable bonds is 3. The lowest BCUT2D eigenvalue weighted by Gasteiger charge is -2.16. The third-order valence-electron chi connectivity index (χ3n) is 4.41. The lowest BCUT2D eigenvalue weighted by molar-refractivity contribution is 0.654. The fraction of sp³-hybridized carbons (Fsp3) is 0.333. The van der Waals surface area contributed by atoms with Crippen LogP contribution in [0.15, 0.2) is 59.3 Å². The molecule has 0 aromatic heterocycles. The average Bonchev–Trinajstić information content (AvgIpc) is 2.51. The molecule has 1 heteroatoms. The molecule has 2 N–H and O–H groups in total. The molecule has 1 nitrogen and oxygen atoms in total. The normalized spacial score (nSPS) is 16.4. The fourth-order valence-electron chi connectivity index (χ4n) is 2.75. The third-order valence-corrected chi connectivity index (χ3v) is 4.41. The maximum absolute atomic E-state index is 5.98. The van der Waals surface area contributed by atoms with Gasteiger partial charge in [0.15, 0.2) is 0 Å². The summed E-state index contributed by atoms with van der Waals surface area (Å²) >= 11 is 0. The van der Waals surface area contributed by atoms with Gasteiger partial charge >= 0.3 is 0 Å². The minimum absolute atomic E-state index is 0.784. The van der Waals surface area contributed by atoms with Crippen LogP contribution in [0.5, 0.6) is 0 Å². The number of hydrogen-bond acceptors (Lipinski definition) is 1. The van der Waals surface area contributed by atoms with E-state index in [1.165, 1.54) is 36.0 Å². The number of allylic oxidation sites excluding steroid dienone is 6. The van der Waals surface area contributed by atoms with Crippen LogP contribution in [0.1, 0.15) is 49.7 Å². The van der Waals surface area contributed by atoms with E-state index in [-0.39, 0.29) is 0 Å². The maximum atomic E-state index is 5.98. The SMILES string of the molecule is NC(C#Cc1ccc(CCC2=CCCC=C2)cc1)=C1CCC1. The molecule has 1 aromatic rings. The predicted molar refractivity (Wildman–Crippen MR) is 93.2 cm³/mol. The molecule has 22 heavy (non-hydrogen) atoms. The van der Waals surface area contributed by atoms with Gasteiger partial charge in [0, 0.05) is 5.56 Å². The molecule has 0 amide bonds. The van der Waals surface area contributed by atoms with Gasteiger partial charge in [-0.05, 0) is 74.1 Å². The molecule has 0 saturated heterocycles. The third kappa shape index (κ3) is 3.92. The molecule has 2 aliphatic rings. The zero-order valence-corrected chi connectivity index (χ0v) is 13.1. The molecule has 0 atom stereocenters. The zero-order valence-electron chi connectivity index (χ0n) is 13.1. The van der Waals surface area contributed by atoms with Gasteiger partial charge in [-0.3, -0.25) is 0 Å². The van der Waals surface area contributed by atoms with E-state index in [0.717, 1.165) is 36.9 Å². The van der Waals surface area contributed by atoms with Crippen molar-refractivity contribution in [3.05, 3.63) is 70.5 Å². The van der Waals surface area contributed by atoms with Crippen LogP contribution >= 0.6 is 0 Å². The van der Waals surface area contributed by atoms with Gasteiger partial charge in [0.05, 0.1) is 5.70 Å². The minimum atomic E-state index is 0.784. The summed E-state index contributed by atoms with van der Waals surface area (Å²) in [5, 5.41) is 0. The molecule has 1 fully saturated rings. The van der Waals surface area contributed by atoms with Crippen molar-refractivity contribution in [1.29, 1.82) is 0 Å². The lowest BCUT2D eigenvalue weighted by Crippen LogP contribution is -2.07. The summed E-state index contributed by atoms with van der Waals surface area (Å²) in [5.74, 6) is 6.26. The molecular formula is C21H23N. The van der Waals surface area contributed by atoms with Crippen molar-refractivity contribution in [2.45, 2.75) is 44.9 Å². The van der Waals surface area contributed by atoms with Gasteiger partial charge in [-0.25, -0.2) is 0 Å². The number of hydrogen-bond donors (Lipinski definition) is 1. The topological polar surface area (TPSA) is 26.0 Å². The minimum Gasteiger partial charge on any atom is -0.392 e. The van der Waals surface area contributed by atoms with E-state index in [9.17, 15) is 0 Å².